The van der Waals surface area contributed by atoms with E-state index in [9.17, 15) is 4.79 Å². The lowest BCUT2D eigenvalue weighted by molar-refractivity contribution is -0.121. The number of anilines is 1. The number of amides is 1. The van der Waals surface area contributed by atoms with Gasteiger partial charge in [0.05, 0.1) is 18.3 Å². The van der Waals surface area contributed by atoms with Crippen molar-refractivity contribution in [1.29, 1.82) is 0 Å². The van der Waals surface area contributed by atoms with Crippen LogP contribution >= 0.6 is 0 Å². The number of para-hydroxylation sites is 2. The molecule has 2 heterocycles. The number of hydrogen-bond donors (Lipinski definition) is 1. The highest BCUT2D eigenvalue weighted by molar-refractivity contribution is 5.93. The average Bonchev–Trinajstić information content (AvgIpc) is 3.08. The van der Waals surface area contributed by atoms with Crippen LogP contribution in [0, 0.1) is 6.92 Å². The second-order valence-electron chi connectivity index (χ2n) is 6.73. The third-order valence-electron chi connectivity index (χ3n) is 4.72. The molecule has 1 atom stereocenters. The Balaban J connectivity index is 1.50. The van der Waals surface area contributed by atoms with Crippen molar-refractivity contribution in [2.75, 3.05) is 25.0 Å². The molecule has 1 saturated heterocycles. The van der Waals surface area contributed by atoms with Crippen LogP contribution < -0.4 is 14.8 Å². The van der Waals surface area contributed by atoms with Crippen LogP contribution in [0.5, 0.6) is 11.5 Å². The summed E-state index contributed by atoms with van der Waals surface area (Å²) in [5.74, 6) is 1.85. The summed E-state index contributed by atoms with van der Waals surface area (Å²) in [6.07, 6.45) is 1.84. The van der Waals surface area contributed by atoms with E-state index in [1.807, 2.05) is 45.0 Å². The number of carbonyl (C=O) groups excluding carboxylic acids is 1. The molecular weight excluding hydrogens is 346 g/mol. The highest BCUT2D eigenvalue weighted by Gasteiger charge is 2.28. The van der Waals surface area contributed by atoms with Crippen LogP contribution in [0.25, 0.3) is 0 Å². The second-order valence-corrected chi connectivity index (χ2v) is 6.73. The van der Waals surface area contributed by atoms with E-state index in [4.69, 9.17) is 14.0 Å². The number of likely N-dealkylation sites (tertiary alicyclic amines) is 1. The van der Waals surface area contributed by atoms with Gasteiger partial charge in [-0.15, -0.1) is 0 Å². The third-order valence-corrected chi connectivity index (χ3v) is 4.72. The van der Waals surface area contributed by atoms with Gasteiger partial charge in [0.15, 0.2) is 11.5 Å². The van der Waals surface area contributed by atoms with Crippen LogP contribution in [0.15, 0.2) is 34.9 Å². The minimum atomic E-state index is -0.243. The summed E-state index contributed by atoms with van der Waals surface area (Å²) in [7, 11) is 0. The summed E-state index contributed by atoms with van der Waals surface area (Å²) < 4.78 is 16.8. The summed E-state index contributed by atoms with van der Waals surface area (Å²) in [5, 5.41) is 6.56. The van der Waals surface area contributed by atoms with Crippen molar-refractivity contribution in [2.45, 2.75) is 45.8 Å². The van der Waals surface area contributed by atoms with Crippen LogP contribution in [0.3, 0.4) is 0 Å². The molecule has 0 spiro atoms. The van der Waals surface area contributed by atoms with E-state index in [0.29, 0.717) is 12.5 Å². The number of piperidine rings is 1. The standard InChI is InChI=1S/C20H27N3O4/c1-4-25-17-7-5-6-8-18(17)26-16-9-11-23(12-10-16)15(3)20(24)21-19-13-14(2)22-27-19/h5-8,13,15-16H,4,9-12H2,1-3H3,(H,21,24). The first-order chi connectivity index (χ1) is 13.1. The predicted molar refractivity (Wildman–Crippen MR) is 102 cm³/mol. The van der Waals surface area contributed by atoms with Gasteiger partial charge >= 0.3 is 0 Å². The molecule has 1 aromatic carbocycles. The summed E-state index contributed by atoms with van der Waals surface area (Å²) in [6.45, 7) is 7.89. The first-order valence-electron chi connectivity index (χ1n) is 9.43. The number of aromatic nitrogens is 1. The molecule has 1 unspecified atom stereocenters. The molecule has 3 rings (SSSR count). The molecule has 1 fully saturated rings. The summed E-state index contributed by atoms with van der Waals surface area (Å²) in [6, 6.07) is 9.22. The zero-order valence-electron chi connectivity index (χ0n) is 16.1. The zero-order chi connectivity index (χ0) is 19.2. The van der Waals surface area contributed by atoms with Crippen LogP contribution in [0.1, 0.15) is 32.4 Å². The number of nitrogens with zero attached hydrogens (tertiary/aromatic N) is 2. The molecule has 1 aliphatic heterocycles. The lowest BCUT2D eigenvalue weighted by atomic mass is 10.1. The van der Waals surface area contributed by atoms with Crippen molar-refractivity contribution in [3.63, 3.8) is 0 Å². The molecule has 1 amide bonds. The van der Waals surface area contributed by atoms with Crippen molar-refractivity contribution >= 4 is 11.8 Å². The van der Waals surface area contributed by atoms with Gasteiger partial charge < -0.3 is 14.0 Å². The van der Waals surface area contributed by atoms with Gasteiger partial charge in [0, 0.05) is 19.2 Å². The molecule has 27 heavy (non-hydrogen) atoms. The van der Waals surface area contributed by atoms with Crippen molar-refractivity contribution < 1.29 is 18.8 Å². The van der Waals surface area contributed by atoms with Crippen molar-refractivity contribution in [3.8, 4) is 11.5 Å². The minimum Gasteiger partial charge on any atom is -0.490 e. The Kier molecular flexibility index (Phi) is 6.34. The average molecular weight is 373 g/mol. The number of ether oxygens (including phenoxy) is 2. The fraction of sp³-hybridized carbons (Fsp3) is 0.500. The highest BCUT2D eigenvalue weighted by atomic mass is 16.5. The number of rotatable bonds is 7. The number of benzene rings is 1. The van der Waals surface area contributed by atoms with E-state index >= 15 is 0 Å². The fourth-order valence-electron chi connectivity index (χ4n) is 3.20. The fourth-order valence-corrected chi connectivity index (χ4v) is 3.20. The van der Waals surface area contributed by atoms with Gasteiger partial charge in [0.25, 0.3) is 0 Å². The number of hydrogen-bond acceptors (Lipinski definition) is 6. The Morgan fingerprint density at radius 3 is 2.67 bits per heavy atom. The van der Waals surface area contributed by atoms with Crippen LogP contribution in [0.2, 0.25) is 0 Å². The highest BCUT2D eigenvalue weighted by Crippen LogP contribution is 2.29. The van der Waals surface area contributed by atoms with Gasteiger partial charge in [-0.2, -0.15) is 0 Å². The minimum absolute atomic E-state index is 0.0905. The monoisotopic (exact) mass is 373 g/mol. The molecule has 1 N–H and O–H groups in total. The second kappa shape index (κ2) is 8.90. The normalized spacial score (nSPS) is 16.7. The smallest absolute Gasteiger partial charge is 0.243 e. The Bertz CT molecular complexity index is 753. The van der Waals surface area contributed by atoms with Gasteiger partial charge in [-0.05, 0) is 45.7 Å². The van der Waals surface area contributed by atoms with E-state index < -0.39 is 0 Å². The summed E-state index contributed by atoms with van der Waals surface area (Å²) in [4.78, 5) is 14.6. The Morgan fingerprint density at radius 1 is 1.33 bits per heavy atom. The molecular formula is C20H27N3O4. The first-order valence-corrected chi connectivity index (χ1v) is 9.43. The van der Waals surface area contributed by atoms with Gasteiger partial charge in [0.1, 0.15) is 6.10 Å². The molecule has 146 valence electrons. The van der Waals surface area contributed by atoms with E-state index in [2.05, 4.69) is 15.4 Å². The van der Waals surface area contributed by atoms with Gasteiger partial charge in [-0.3, -0.25) is 15.0 Å². The largest absolute Gasteiger partial charge is 0.490 e. The molecule has 0 saturated carbocycles. The Hall–Kier alpha value is -2.54. The molecule has 2 aromatic rings. The molecule has 1 aromatic heterocycles. The van der Waals surface area contributed by atoms with Crippen LogP contribution in [0.4, 0.5) is 5.88 Å². The number of aryl methyl sites for hydroxylation is 1. The molecule has 0 bridgehead atoms. The van der Waals surface area contributed by atoms with E-state index in [1.165, 1.54) is 0 Å². The Morgan fingerprint density at radius 2 is 2.04 bits per heavy atom. The van der Waals surface area contributed by atoms with Gasteiger partial charge in [0.2, 0.25) is 11.8 Å². The number of nitrogens with one attached hydrogen (secondary N) is 1. The van der Waals surface area contributed by atoms with Crippen molar-refractivity contribution in [3.05, 3.63) is 36.0 Å². The SMILES string of the molecule is CCOc1ccccc1OC1CCN(C(C)C(=O)Nc2cc(C)no2)CC1. The van der Waals surface area contributed by atoms with Crippen LogP contribution in [-0.2, 0) is 4.79 Å². The molecule has 0 aliphatic carbocycles. The molecule has 7 heteroatoms. The van der Waals surface area contributed by atoms with Crippen molar-refractivity contribution in [2.24, 2.45) is 0 Å². The van der Waals surface area contributed by atoms with Gasteiger partial charge in [-0.1, -0.05) is 17.3 Å². The van der Waals surface area contributed by atoms with E-state index in [-0.39, 0.29) is 18.1 Å². The zero-order valence-corrected chi connectivity index (χ0v) is 16.1. The van der Waals surface area contributed by atoms with Crippen LogP contribution in [-0.4, -0.2) is 47.8 Å². The lowest BCUT2D eigenvalue weighted by Gasteiger charge is -2.35. The maximum absolute atomic E-state index is 12.4. The molecule has 7 nitrogen and oxygen atoms in total. The first kappa shape index (κ1) is 19.2. The topological polar surface area (TPSA) is 76.8 Å². The quantitative estimate of drug-likeness (QED) is 0.803. The maximum Gasteiger partial charge on any atom is 0.243 e. The summed E-state index contributed by atoms with van der Waals surface area (Å²) in [5.41, 5.74) is 0.739. The predicted octanol–water partition coefficient (Wildman–Crippen LogP) is 3.25. The summed E-state index contributed by atoms with van der Waals surface area (Å²) >= 11 is 0. The van der Waals surface area contributed by atoms with Gasteiger partial charge in [-0.25, -0.2) is 0 Å². The number of carbonyl (C=O) groups is 1. The molecule has 0 radical (unpaired) electrons. The van der Waals surface area contributed by atoms with E-state index in [0.717, 1.165) is 43.1 Å². The Labute approximate surface area is 159 Å². The third kappa shape index (κ3) is 5.01. The van der Waals surface area contributed by atoms with Crippen molar-refractivity contribution in [1.82, 2.24) is 10.1 Å². The maximum atomic E-state index is 12.4. The van der Waals surface area contributed by atoms with E-state index in [1.54, 1.807) is 6.07 Å². The lowest BCUT2D eigenvalue weighted by Crippen LogP contribution is -2.47. The molecule has 1 aliphatic rings.